The van der Waals surface area contributed by atoms with Gasteiger partial charge in [0.05, 0.1) is 10.9 Å². The predicted octanol–water partition coefficient (Wildman–Crippen LogP) is 4.85. The van der Waals surface area contributed by atoms with Gasteiger partial charge in [0.2, 0.25) is 5.16 Å². The quantitative estimate of drug-likeness (QED) is 0.478. The lowest BCUT2D eigenvalue weighted by Gasteiger charge is -2.17. The molecule has 0 saturated heterocycles. The Morgan fingerprint density at radius 2 is 1.35 bits per heavy atom. The molecular weight excluding hydrogens is 340 g/mol. The largest absolute Gasteiger partial charge is 0.215 e. The molecule has 0 fully saturated rings. The molecule has 0 amide bonds. The monoisotopic (exact) mass is 358 g/mol. The summed E-state index contributed by atoms with van der Waals surface area (Å²) in [5.74, 6) is 0. The van der Waals surface area contributed by atoms with E-state index in [1.807, 2.05) is 35.0 Å². The van der Waals surface area contributed by atoms with E-state index in [4.69, 9.17) is 0 Å². The van der Waals surface area contributed by atoms with E-state index in [0.717, 1.165) is 16.4 Å². The molecule has 0 bridgehead atoms. The van der Waals surface area contributed by atoms with Gasteiger partial charge in [0.15, 0.2) is 0 Å². The van der Waals surface area contributed by atoms with Crippen molar-refractivity contribution in [3.63, 3.8) is 0 Å². The van der Waals surface area contributed by atoms with Crippen LogP contribution in [0.4, 0.5) is 0 Å². The zero-order valence-corrected chi connectivity index (χ0v) is 15.2. The Labute approximate surface area is 156 Å². The van der Waals surface area contributed by atoms with Crippen LogP contribution >= 0.6 is 11.8 Å². The van der Waals surface area contributed by atoms with Gasteiger partial charge in [-0.3, -0.25) is 0 Å². The Balaban J connectivity index is 1.75. The number of nitrogens with zero attached hydrogens (tertiary/aromatic N) is 4. The fourth-order valence-corrected chi connectivity index (χ4v) is 4.01. The first-order valence-corrected chi connectivity index (χ1v) is 9.32. The molecule has 0 N–H and O–H groups in total. The molecule has 26 heavy (non-hydrogen) atoms. The van der Waals surface area contributed by atoms with Gasteiger partial charge in [-0.2, -0.15) is 4.68 Å². The third-order valence-corrected chi connectivity index (χ3v) is 5.46. The van der Waals surface area contributed by atoms with Crippen molar-refractivity contribution < 1.29 is 0 Å². The Morgan fingerprint density at radius 3 is 1.96 bits per heavy atom. The highest BCUT2D eigenvalue weighted by Crippen LogP contribution is 2.39. The lowest BCUT2D eigenvalue weighted by molar-refractivity contribution is 0.751. The van der Waals surface area contributed by atoms with Crippen LogP contribution < -0.4 is 0 Å². The van der Waals surface area contributed by atoms with Gasteiger partial charge in [-0.05, 0) is 40.1 Å². The molecule has 128 valence electrons. The molecule has 0 aliphatic heterocycles. The van der Waals surface area contributed by atoms with E-state index in [2.05, 4.69) is 77.0 Å². The van der Waals surface area contributed by atoms with E-state index in [-0.39, 0.29) is 5.25 Å². The van der Waals surface area contributed by atoms with Crippen LogP contribution in [0.25, 0.3) is 5.69 Å². The summed E-state index contributed by atoms with van der Waals surface area (Å²) < 4.78 is 1.82. The summed E-state index contributed by atoms with van der Waals surface area (Å²) in [6.07, 6.45) is 0. The highest BCUT2D eigenvalue weighted by Gasteiger charge is 2.20. The van der Waals surface area contributed by atoms with E-state index in [9.17, 15) is 0 Å². The molecule has 0 aliphatic rings. The number of tetrazole rings is 1. The van der Waals surface area contributed by atoms with Crippen LogP contribution in [0.5, 0.6) is 0 Å². The standard InChI is InChI=1S/C21H18N4S/c1-16-10-8-9-15-19(16)25-21(22-23-24-25)26-20(17-11-4-2-5-12-17)18-13-6-3-7-14-18/h2-15,20H,1H3. The van der Waals surface area contributed by atoms with Crippen molar-refractivity contribution in [1.29, 1.82) is 0 Å². The van der Waals surface area contributed by atoms with Crippen LogP contribution in [-0.4, -0.2) is 20.2 Å². The third-order valence-electron chi connectivity index (χ3n) is 4.21. The molecule has 3 aromatic carbocycles. The number of thioether (sulfide) groups is 1. The summed E-state index contributed by atoms with van der Waals surface area (Å²) in [5.41, 5.74) is 4.59. The van der Waals surface area contributed by atoms with Crippen LogP contribution in [-0.2, 0) is 0 Å². The smallest absolute Gasteiger partial charge is 0.187 e. The first-order chi connectivity index (χ1) is 12.8. The Kier molecular flexibility index (Phi) is 4.80. The minimum absolute atomic E-state index is 0.117. The van der Waals surface area contributed by atoms with E-state index in [0.29, 0.717) is 0 Å². The van der Waals surface area contributed by atoms with E-state index < -0.39 is 0 Å². The van der Waals surface area contributed by atoms with Crippen molar-refractivity contribution in [3.05, 3.63) is 102 Å². The normalized spacial score (nSPS) is 11.0. The van der Waals surface area contributed by atoms with Gasteiger partial charge in [-0.15, -0.1) is 5.10 Å². The van der Waals surface area contributed by atoms with E-state index in [1.165, 1.54) is 11.1 Å². The minimum Gasteiger partial charge on any atom is -0.187 e. The molecule has 0 unspecified atom stereocenters. The fraction of sp³-hybridized carbons (Fsp3) is 0.0952. The van der Waals surface area contributed by atoms with Crippen LogP contribution in [0.3, 0.4) is 0 Å². The molecule has 0 atom stereocenters. The van der Waals surface area contributed by atoms with Crippen molar-refractivity contribution in [3.8, 4) is 5.69 Å². The van der Waals surface area contributed by atoms with Crippen molar-refractivity contribution >= 4 is 11.8 Å². The van der Waals surface area contributed by atoms with Crippen LogP contribution in [0.1, 0.15) is 21.9 Å². The maximum atomic E-state index is 4.29. The molecular formula is C21H18N4S. The molecule has 0 saturated carbocycles. The van der Waals surface area contributed by atoms with Gasteiger partial charge in [0.25, 0.3) is 0 Å². The zero-order valence-electron chi connectivity index (χ0n) is 14.4. The number of hydrogen-bond acceptors (Lipinski definition) is 4. The zero-order chi connectivity index (χ0) is 17.8. The Bertz CT molecular complexity index is 944. The summed E-state index contributed by atoms with van der Waals surface area (Å²) in [7, 11) is 0. The van der Waals surface area contributed by atoms with Crippen LogP contribution in [0.2, 0.25) is 0 Å². The number of para-hydroxylation sites is 1. The summed E-state index contributed by atoms with van der Waals surface area (Å²) in [6.45, 7) is 2.07. The van der Waals surface area contributed by atoms with Crippen molar-refractivity contribution in [2.45, 2.75) is 17.3 Å². The van der Waals surface area contributed by atoms with Gasteiger partial charge in [-0.25, -0.2) is 0 Å². The van der Waals surface area contributed by atoms with Crippen molar-refractivity contribution in [2.24, 2.45) is 0 Å². The summed E-state index contributed by atoms with van der Waals surface area (Å²) in [5, 5.41) is 13.3. The molecule has 1 aromatic heterocycles. The molecule has 0 radical (unpaired) electrons. The number of aryl methyl sites for hydroxylation is 1. The first kappa shape index (κ1) is 16.5. The maximum Gasteiger partial charge on any atom is 0.215 e. The van der Waals surface area contributed by atoms with Crippen molar-refractivity contribution in [2.75, 3.05) is 0 Å². The summed E-state index contributed by atoms with van der Waals surface area (Å²) >= 11 is 1.66. The molecule has 4 rings (SSSR count). The van der Waals surface area contributed by atoms with Gasteiger partial charge in [0.1, 0.15) is 0 Å². The number of benzene rings is 3. The number of hydrogen-bond donors (Lipinski definition) is 0. The highest BCUT2D eigenvalue weighted by molar-refractivity contribution is 7.99. The van der Waals surface area contributed by atoms with Gasteiger partial charge < -0.3 is 0 Å². The maximum absolute atomic E-state index is 4.29. The topological polar surface area (TPSA) is 43.6 Å². The molecule has 0 spiro atoms. The Morgan fingerprint density at radius 1 is 0.769 bits per heavy atom. The lowest BCUT2D eigenvalue weighted by atomic mass is 10.0. The molecule has 4 aromatic rings. The van der Waals surface area contributed by atoms with E-state index in [1.54, 1.807) is 11.8 Å². The van der Waals surface area contributed by atoms with Gasteiger partial charge in [0, 0.05) is 0 Å². The second-order valence-electron chi connectivity index (χ2n) is 5.98. The first-order valence-electron chi connectivity index (χ1n) is 8.44. The SMILES string of the molecule is Cc1ccccc1-n1nnnc1SC(c1ccccc1)c1ccccc1. The van der Waals surface area contributed by atoms with Gasteiger partial charge in [-0.1, -0.05) is 90.6 Å². The molecule has 4 nitrogen and oxygen atoms in total. The minimum atomic E-state index is 0.117. The van der Waals surface area contributed by atoms with Crippen molar-refractivity contribution in [1.82, 2.24) is 20.2 Å². The third kappa shape index (κ3) is 3.39. The Hall–Kier alpha value is -2.92. The summed E-state index contributed by atoms with van der Waals surface area (Å²) in [6, 6.07) is 29.0. The van der Waals surface area contributed by atoms with Crippen LogP contribution in [0.15, 0.2) is 90.1 Å². The van der Waals surface area contributed by atoms with Gasteiger partial charge >= 0.3 is 0 Å². The molecule has 1 heterocycles. The average molecular weight is 358 g/mol. The van der Waals surface area contributed by atoms with E-state index >= 15 is 0 Å². The number of rotatable bonds is 5. The van der Waals surface area contributed by atoms with Crippen LogP contribution in [0, 0.1) is 6.92 Å². The average Bonchev–Trinajstić information content (AvgIpc) is 3.16. The molecule has 0 aliphatic carbocycles. The highest BCUT2D eigenvalue weighted by atomic mass is 32.2. The second kappa shape index (κ2) is 7.54. The number of aromatic nitrogens is 4. The lowest BCUT2D eigenvalue weighted by Crippen LogP contribution is -2.04. The summed E-state index contributed by atoms with van der Waals surface area (Å²) in [4.78, 5) is 0. The fourth-order valence-electron chi connectivity index (χ4n) is 2.89. The molecule has 5 heteroatoms. The predicted molar refractivity (Wildman–Crippen MR) is 104 cm³/mol. The second-order valence-corrected chi connectivity index (χ2v) is 7.05.